The van der Waals surface area contributed by atoms with Crippen molar-refractivity contribution in [2.75, 3.05) is 6.54 Å². The van der Waals surface area contributed by atoms with E-state index < -0.39 is 0 Å². The van der Waals surface area contributed by atoms with Gasteiger partial charge in [-0.15, -0.1) is 0 Å². The Hall–Kier alpha value is -0.340. The van der Waals surface area contributed by atoms with Gasteiger partial charge < -0.3 is 10.4 Å². The van der Waals surface area contributed by atoms with E-state index >= 15 is 0 Å². The molecule has 2 nitrogen and oxygen atoms in total. The van der Waals surface area contributed by atoms with Crippen LogP contribution in [0.3, 0.4) is 0 Å². The Balaban J connectivity index is 1.69. The van der Waals surface area contributed by atoms with Crippen molar-refractivity contribution in [3.05, 3.63) is 12.2 Å². The van der Waals surface area contributed by atoms with Gasteiger partial charge in [0.05, 0.1) is 6.10 Å². The van der Waals surface area contributed by atoms with Crippen LogP contribution in [0, 0.1) is 5.92 Å². The van der Waals surface area contributed by atoms with Gasteiger partial charge in [0.1, 0.15) is 0 Å². The van der Waals surface area contributed by atoms with Crippen molar-refractivity contribution in [3.8, 4) is 0 Å². The van der Waals surface area contributed by atoms with Gasteiger partial charge in [-0.3, -0.25) is 0 Å². The molecule has 0 bridgehead atoms. The standard InChI is InChI=1S/C13H23NO/c15-13-9-5-4-8-12(13)14-10-11-6-2-1-3-7-11/h1-2,11-15H,3-10H2/t11-,12+,13-/m1/s1. The van der Waals surface area contributed by atoms with E-state index in [2.05, 4.69) is 17.5 Å². The van der Waals surface area contributed by atoms with E-state index in [1.807, 2.05) is 0 Å². The van der Waals surface area contributed by atoms with Crippen molar-refractivity contribution in [2.24, 2.45) is 5.92 Å². The van der Waals surface area contributed by atoms with Crippen LogP contribution < -0.4 is 5.32 Å². The Morgan fingerprint density at radius 3 is 2.73 bits per heavy atom. The van der Waals surface area contributed by atoms with E-state index in [-0.39, 0.29) is 6.10 Å². The van der Waals surface area contributed by atoms with Crippen LogP contribution in [0.1, 0.15) is 44.9 Å². The lowest BCUT2D eigenvalue weighted by atomic mass is 9.90. The molecule has 0 heterocycles. The normalized spacial score (nSPS) is 36.7. The van der Waals surface area contributed by atoms with Gasteiger partial charge in [0, 0.05) is 6.04 Å². The number of allylic oxidation sites excluding steroid dienone is 2. The molecule has 0 aromatic rings. The number of aliphatic hydroxyl groups is 1. The average Bonchev–Trinajstić information content (AvgIpc) is 2.29. The number of hydrogen-bond acceptors (Lipinski definition) is 2. The molecule has 0 radical (unpaired) electrons. The Kier molecular flexibility index (Phi) is 4.21. The summed E-state index contributed by atoms with van der Waals surface area (Å²) in [6, 6.07) is 0.365. The molecular weight excluding hydrogens is 186 g/mol. The first kappa shape index (κ1) is 11.2. The minimum atomic E-state index is -0.0992. The third-order valence-electron chi connectivity index (χ3n) is 3.78. The van der Waals surface area contributed by atoms with Crippen LogP contribution in [0.25, 0.3) is 0 Å². The molecule has 0 aliphatic heterocycles. The maximum atomic E-state index is 9.82. The summed E-state index contributed by atoms with van der Waals surface area (Å²) in [5.41, 5.74) is 0. The van der Waals surface area contributed by atoms with Gasteiger partial charge in [-0.2, -0.15) is 0 Å². The third-order valence-corrected chi connectivity index (χ3v) is 3.78. The van der Waals surface area contributed by atoms with Crippen molar-refractivity contribution < 1.29 is 5.11 Å². The molecule has 0 amide bonds. The zero-order valence-corrected chi connectivity index (χ0v) is 9.49. The summed E-state index contributed by atoms with van der Waals surface area (Å²) in [5, 5.41) is 13.4. The zero-order valence-electron chi connectivity index (χ0n) is 9.49. The lowest BCUT2D eigenvalue weighted by Crippen LogP contribution is -2.44. The second-order valence-electron chi connectivity index (χ2n) is 5.02. The summed E-state index contributed by atoms with van der Waals surface area (Å²) in [6.45, 7) is 1.09. The predicted molar refractivity (Wildman–Crippen MR) is 62.7 cm³/mol. The highest BCUT2D eigenvalue weighted by Crippen LogP contribution is 2.21. The largest absolute Gasteiger partial charge is 0.392 e. The molecule has 15 heavy (non-hydrogen) atoms. The van der Waals surface area contributed by atoms with Crippen LogP contribution in [0.4, 0.5) is 0 Å². The molecule has 1 saturated carbocycles. The molecule has 2 heteroatoms. The smallest absolute Gasteiger partial charge is 0.0693 e. The van der Waals surface area contributed by atoms with Crippen molar-refractivity contribution in [3.63, 3.8) is 0 Å². The molecule has 2 aliphatic rings. The second kappa shape index (κ2) is 5.66. The van der Waals surface area contributed by atoms with Crippen LogP contribution in [-0.4, -0.2) is 23.8 Å². The molecule has 1 fully saturated rings. The first-order valence-electron chi connectivity index (χ1n) is 6.42. The lowest BCUT2D eigenvalue weighted by Gasteiger charge is -2.30. The minimum absolute atomic E-state index is 0.0992. The summed E-state index contributed by atoms with van der Waals surface area (Å²) in [4.78, 5) is 0. The molecule has 0 aromatic heterocycles. The molecule has 2 aliphatic carbocycles. The van der Waals surface area contributed by atoms with Crippen molar-refractivity contribution in [1.82, 2.24) is 5.32 Å². The molecule has 2 N–H and O–H groups in total. The zero-order chi connectivity index (χ0) is 10.5. The Bertz CT molecular complexity index is 215. The van der Waals surface area contributed by atoms with Gasteiger partial charge in [-0.05, 0) is 44.6 Å². The van der Waals surface area contributed by atoms with Crippen LogP contribution in [0.2, 0.25) is 0 Å². The highest BCUT2D eigenvalue weighted by molar-refractivity contribution is 4.91. The van der Waals surface area contributed by atoms with Gasteiger partial charge in [0.25, 0.3) is 0 Å². The van der Waals surface area contributed by atoms with E-state index in [1.54, 1.807) is 0 Å². The summed E-state index contributed by atoms with van der Waals surface area (Å²) in [6.07, 6.45) is 12.9. The first-order chi connectivity index (χ1) is 7.36. The predicted octanol–water partition coefficient (Wildman–Crippen LogP) is 2.24. The summed E-state index contributed by atoms with van der Waals surface area (Å²) < 4.78 is 0. The van der Waals surface area contributed by atoms with Crippen LogP contribution in [-0.2, 0) is 0 Å². The SMILES string of the molecule is O[C@@H]1CCCC[C@@H]1NC[C@@H]1CC=CCC1. The molecule has 0 aromatic carbocycles. The molecule has 0 unspecified atom stereocenters. The monoisotopic (exact) mass is 209 g/mol. The maximum absolute atomic E-state index is 9.82. The van der Waals surface area contributed by atoms with E-state index in [9.17, 15) is 5.11 Å². The Morgan fingerprint density at radius 1 is 1.13 bits per heavy atom. The van der Waals surface area contributed by atoms with E-state index in [0.29, 0.717) is 6.04 Å². The highest BCUT2D eigenvalue weighted by Gasteiger charge is 2.23. The number of nitrogens with one attached hydrogen (secondary N) is 1. The van der Waals surface area contributed by atoms with E-state index in [0.717, 1.165) is 25.3 Å². The van der Waals surface area contributed by atoms with Crippen LogP contribution in [0.15, 0.2) is 12.2 Å². The van der Waals surface area contributed by atoms with Crippen molar-refractivity contribution in [2.45, 2.75) is 57.1 Å². The Labute approximate surface area is 92.8 Å². The number of hydrogen-bond donors (Lipinski definition) is 2. The van der Waals surface area contributed by atoms with E-state index in [4.69, 9.17) is 0 Å². The molecule has 0 spiro atoms. The topological polar surface area (TPSA) is 32.3 Å². The number of aliphatic hydroxyl groups excluding tert-OH is 1. The van der Waals surface area contributed by atoms with Crippen molar-refractivity contribution in [1.29, 1.82) is 0 Å². The molecule has 3 atom stereocenters. The highest BCUT2D eigenvalue weighted by atomic mass is 16.3. The van der Waals surface area contributed by atoms with Gasteiger partial charge in [0.15, 0.2) is 0 Å². The van der Waals surface area contributed by atoms with Gasteiger partial charge in [0.2, 0.25) is 0 Å². The van der Waals surface area contributed by atoms with Gasteiger partial charge >= 0.3 is 0 Å². The lowest BCUT2D eigenvalue weighted by molar-refractivity contribution is 0.0886. The second-order valence-corrected chi connectivity index (χ2v) is 5.02. The summed E-state index contributed by atoms with van der Waals surface area (Å²) in [7, 11) is 0. The van der Waals surface area contributed by atoms with Crippen LogP contribution in [0.5, 0.6) is 0 Å². The molecule has 0 saturated heterocycles. The minimum Gasteiger partial charge on any atom is -0.392 e. The van der Waals surface area contributed by atoms with Crippen molar-refractivity contribution >= 4 is 0 Å². The maximum Gasteiger partial charge on any atom is 0.0693 e. The first-order valence-corrected chi connectivity index (χ1v) is 6.42. The fraction of sp³-hybridized carbons (Fsp3) is 0.846. The van der Waals surface area contributed by atoms with Gasteiger partial charge in [-0.25, -0.2) is 0 Å². The fourth-order valence-corrected chi connectivity index (χ4v) is 2.71. The van der Waals surface area contributed by atoms with E-state index in [1.165, 1.54) is 32.1 Å². The fourth-order valence-electron chi connectivity index (χ4n) is 2.71. The number of rotatable bonds is 3. The molecule has 2 rings (SSSR count). The summed E-state index contributed by atoms with van der Waals surface area (Å²) >= 11 is 0. The third kappa shape index (κ3) is 3.32. The average molecular weight is 209 g/mol. The molecule has 86 valence electrons. The quantitative estimate of drug-likeness (QED) is 0.699. The Morgan fingerprint density at radius 2 is 2.00 bits per heavy atom. The molecular formula is C13H23NO. The van der Waals surface area contributed by atoms with Gasteiger partial charge in [-0.1, -0.05) is 25.0 Å². The summed E-state index contributed by atoms with van der Waals surface area (Å²) in [5.74, 6) is 0.795. The van der Waals surface area contributed by atoms with Crippen LogP contribution >= 0.6 is 0 Å².